The highest BCUT2D eigenvalue weighted by Crippen LogP contribution is 2.14. The minimum Gasteiger partial charge on any atom is -0.467 e. The second kappa shape index (κ2) is 18.6. The lowest BCUT2D eigenvalue weighted by Crippen LogP contribution is -2.45. The van der Waals surface area contributed by atoms with E-state index in [2.05, 4.69) is 20.1 Å². The highest BCUT2D eigenvalue weighted by molar-refractivity contribution is 8.13. The van der Waals surface area contributed by atoms with Gasteiger partial charge in [0.1, 0.15) is 23.3 Å². The molecule has 0 aliphatic rings. The van der Waals surface area contributed by atoms with E-state index < -0.39 is 47.4 Å². The molecule has 0 heterocycles. The van der Waals surface area contributed by atoms with Crippen molar-refractivity contribution in [3.8, 4) is 0 Å². The van der Waals surface area contributed by atoms with E-state index >= 15 is 0 Å². The van der Waals surface area contributed by atoms with Crippen molar-refractivity contribution in [2.45, 2.75) is 90.5 Å². The van der Waals surface area contributed by atoms with Gasteiger partial charge in [-0.15, -0.1) is 0 Å². The first kappa shape index (κ1) is 37.3. The largest absolute Gasteiger partial charge is 0.467 e. The van der Waals surface area contributed by atoms with Crippen molar-refractivity contribution < 1.29 is 47.7 Å². The van der Waals surface area contributed by atoms with Gasteiger partial charge in [0.05, 0.1) is 14.2 Å². The lowest BCUT2D eigenvalue weighted by Gasteiger charge is -2.22. The predicted molar refractivity (Wildman–Crippen MR) is 153 cm³/mol. The summed E-state index contributed by atoms with van der Waals surface area (Å²) in [6.45, 7) is 10.1. The van der Waals surface area contributed by atoms with Gasteiger partial charge >= 0.3 is 24.1 Å². The maximum atomic E-state index is 12.2. The maximum absolute atomic E-state index is 12.2. The molecular weight excluding hydrogens is 564 g/mol. The number of hydrogen-bond donors (Lipinski definition) is 2. The summed E-state index contributed by atoms with van der Waals surface area (Å²) in [4.78, 5) is 72.2. The van der Waals surface area contributed by atoms with Crippen LogP contribution in [0.3, 0.4) is 0 Å². The molecular formula is C26H42N2O10S2. The molecule has 40 heavy (non-hydrogen) atoms. The number of allylic oxidation sites excluding steroid dienone is 2. The Hall–Kier alpha value is -2.74. The van der Waals surface area contributed by atoms with Crippen molar-refractivity contribution in [3.05, 3.63) is 12.2 Å². The summed E-state index contributed by atoms with van der Waals surface area (Å²) in [7, 11) is 2.37. The fourth-order valence-electron chi connectivity index (χ4n) is 2.66. The van der Waals surface area contributed by atoms with E-state index in [-0.39, 0.29) is 34.6 Å². The van der Waals surface area contributed by atoms with Gasteiger partial charge in [-0.1, -0.05) is 35.7 Å². The zero-order valence-corrected chi connectivity index (χ0v) is 26.1. The van der Waals surface area contributed by atoms with E-state index in [9.17, 15) is 28.8 Å². The molecule has 0 radical (unpaired) electrons. The average Bonchev–Trinajstić information content (AvgIpc) is 2.82. The number of thioether (sulfide) groups is 2. The van der Waals surface area contributed by atoms with Gasteiger partial charge in [-0.25, -0.2) is 19.2 Å². The Morgan fingerprint density at radius 1 is 0.650 bits per heavy atom. The summed E-state index contributed by atoms with van der Waals surface area (Å²) < 4.78 is 19.6. The zero-order valence-electron chi connectivity index (χ0n) is 24.5. The van der Waals surface area contributed by atoms with Gasteiger partial charge < -0.3 is 29.6 Å². The molecule has 12 nitrogen and oxygen atoms in total. The van der Waals surface area contributed by atoms with Gasteiger partial charge in [-0.3, -0.25) is 9.59 Å². The Morgan fingerprint density at radius 2 is 0.975 bits per heavy atom. The van der Waals surface area contributed by atoms with Crippen LogP contribution in [0.25, 0.3) is 0 Å². The van der Waals surface area contributed by atoms with Gasteiger partial charge in [-0.05, 0) is 54.4 Å². The Morgan fingerprint density at radius 3 is 1.25 bits per heavy atom. The molecule has 2 atom stereocenters. The summed E-state index contributed by atoms with van der Waals surface area (Å²) in [5.74, 6) is -1.38. The molecule has 14 heteroatoms. The first-order chi connectivity index (χ1) is 18.5. The molecule has 228 valence electrons. The number of carbonyl (C=O) groups is 6. The van der Waals surface area contributed by atoms with Gasteiger partial charge in [0, 0.05) is 24.3 Å². The van der Waals surface area contributed by atoms with E-state index in [1.54, 1.807) is 53.7 Å². The van der Waals surface area contributed by atoms with Crippen molar-refractivity contribution in [2.24, 2.45) is 0 Å². The van der Waals surface area contributed by atoms with Gasteiger partial charge in [0.2, 0.25) is 0 Å². The Balaban J connectivity index is 4.44. The van der Waals surface area contributed by atoms with Crippen molar-refractivity contribution in [1.82, 2.24) is 10.6 Å². The van der Waals surface area contributed by atoms with E-state index in [1.165, 1.54) is 14.2 Å². The molecule has 0 aromatic carbocycles. The normalized spacial score (nSPS) is 13.1. The van der Waals surface area contributed by atoms with E-state index in [1.807, 2.05) is 0 Å². The topological polar surface area (TPSA) is 163 Å². The Labute approximate surface area is 244 Å². The fourth-order valence-corrected chi connectivity index (χ4v) is 4.32. The second-order valence-corrected chi connectivity index (χ2v) is 12.5. The third-order valence-electron chi connectivity index (χ3n) is 4.37. The van der Waals surface area contributed by atoms with Crippen molar-refractivity contribution >= 4 is 57.9 Å². The minimum absolute atomic E-state index is 0.00442. The number of esters is 2. The molecule has 0 aliphatic carbocycles. The molecule has 2 N–H and O–H groups in total. The van der Waals surface area contributed by atoms with Crippen molar-refractivity contribution in [2.75, 3.05) is 25.7 Å². The monoisotopic (exact) mass is 606 g/mol. The quantitative estimate of drug-likeness (QED) is 0.167. The third kappa shape index (κ3) is 19.3. The van der Waals surface area contributed by atoms with E-state index in [4.69, 9.17) is 9.47 Å². The fraction of sp³-hybridized carbons (Fsp3) is 0.692. The first-order valence-electron chi connectivity index (χ1n) is 12.6. The molecule has 2 amide bonds. The minimum atomic E-state index is -1.04. The molecule has 0 saturated carbocycles. The van der Waals surface area contributed by atoms with Crippen molar-refractivity contribution in [1.29, 1.82) is 0 Å². The highest BCUT2D eigenvalue weighted by atomic mass is 32.2. The average molecular weight is 607 g/mol. The molecule has 0 saturated heterocycles. The van der Waals surface area contributed by atoms with Gasteiger partial charge in [0.15, 0.2) is 10.2 Å². The summed E-state index contributed by atoms with van der Waals surface area (Å²) in [5.41, 5.74) is -1.48. The second-order valence-electron chi connectivity index (χ2n) is 10.4. The molecule has 0 aliphatic heterocycles. The number of nitrogens with one attached hydrogen (secondary N) is 2. The van der Waals surface area contributed by atoms with E-state index in [0.29, 0.717) is 12.8 Å². The lowest BCUT2D eigenvalue weighted by molar-refractivity contribution is -0.143. The number of ether oxygens (including phenoxy) is 4. The number of carbonyl (C=O) groups excluding carboxylic acids is 6. The van der Waals surface area contributed by atoms with Crippen LogP contribution in [-0.2, 0) is 38.1 Å². The number of rotatable bonds is 14. The molecule has 0 fully saturated rings. The maximum Gasteiger partial charge on any atom is 0.408 e. The van der Waals surface area contributed by atoms with Crippen LogP contribution in [0.15, 0.2) is 12.2 Å². The van der Waals surface area contributed by atoms with Gasteiger partial charge in [0.25, 0.3) is 0 Å². The molecule has 0 aromatic rings. The predicted octanol–water partition coefficient (Wildman–Crippen LogP) is 3.76. The van der Waals surface area contributed by atoms with Crippen LogP contribution in [0.5, 0.6) is 0 Å². The van der Waals surface area contributed by atoms with Crippen LogP contribution in [0, 0.1) is 0 Å². The standard InChI is InChI=1S/C26H42N2O10S2/c1-25(2,3)37-23(33)27-17(21(31)35-7)15-39-19(29)13-11-9-10-12-14-20(30)40-16-18(22(32)36-8)28-24(34)38-26(4,5)6/h9-10,17-18H,11-16H2,1-8H3,(H,27,33)(H,28,34)/b10-9+/t17-,18-/m0/s1. The smallest absolute Gasteiger partial charge is 0.408 e. The van der Waals surface area contributed by atoms with Crippen LogP contribution in [0.1, 0.15) is 67.2 Å². The molecule has 0 aromatic heterocycles. The number of hydrogen-bond acceptors (Lipinski definition) is 12. The zero-order chi connectivity index (χ0) is 30.9. The van der Waals surface area contributed by atoms with Crippen LogP contribution in [0.2, 0.25) is 0 Å². The molecule has 0 bridgehead atoms. The molecule has 0 spiro atoms. The summed E-state index contributed by atoms with van der Waals surface area (Å²) in [5, 5.41) is 4.46. The Bertz CT molecular complexity index is 838. The summed E-state index contributed by atoms with van der Waals surface area (Å²) in [6.07, 6.45) is 3.23. The Kier molecular flexibility index (Phi) is 17.3. The van der Waals surface area contributed by atoms with Gasteiger partial charge in [-0.2, -0.15) is 0 Å². The lowest BCUT2D eigenvalue weighted by atomic mass is 10.2. The molecule has 0 unspecified atom stereocenters. The SMILES string of the molecule is COC(=O)[C@H](CSC(=O)CC/C=C/CCC(=O)SC[C@H](NC(=O)OC(C)(C)C)C(=O)OC)NC(=O)OC(C)(C)C. The number of amides is 2. The summed E-state index contributed by atoms with van der Waals surface area (Å²) in [6, 6.07) is -2.07. The van der Waals surface area contributed by atoms with Crippen LogP contribution < -0.4 is 10.6 Å². The van der Waals surface area contributed by atoms with E-state index in [0.717, 1.165) is 23.5 Å². The van der Waals surface area contributed by atoms with Crippen molar-refractivity contribution in [3.63, 3.8) is 0 Å². The number of methoxy groups -OCH3 is 2. The van der Waals surface area contributed by atoms with Crippen LogP contribution >= 0.6 is 23.5 Å². The number of alkyl carbamates (subject to hydrolysis) is 2. The third-order valence-corrected chi connectivity index (χ3v) is 6.42. The highest BCUT2D eigenvalue weighted by Gasteiger charge is 2.27. The van der Waals surface area contributed by atoms with Crippen LogP contribution in [0.4, 0.5) is 9.59 Å². The first-order valence-corrected chi connectivity index (χ1v) is 14.6. The molecule has 0 rings (SSSR count). The van der Waals surface area contributed by atoms with Crippen LogP contribution in [-0.4, -0.2) is 83.4 Å². The summed E-state index contributed by atoms with van der Waals surface area (Å²) >= 11 is 1.80.